The minimum atomic E-state index is -0.0741. The van der Waals surface area contributed by atoms with Crippen LogP contribution in [0.15, 0.2) is 54.6 Å². The van der Waals surface area contributed by atoms with E-state index in [1.165, 1.54) is 5.56 Å². The number of fused-ring (bicyclic) bond motifs is 1. The fourth-order valence-electron chi connectivity index (χ4n) is 4.73. The molecule has 2 N–H and O–H groups in total. The summed E-state index contributed by atoms with van der Waals surface area (Å²) in [6.45, 7) is 7.93. The smallest absolute Gasteiger partial charge is 0.275 e. The molecule has 0 bridgehead atoms. The molecular weight excluding hydrogens is 454 g/mol. The molecule has 9 heteroatoms. The number of para-hydroxylation sites is 1. The van der Waals surface area contributed by atoms with Crippen LogP contribution in [0.1, 0.15) is 33.0 Å². The summed E-state index contributed by atoms with van der Waals surface area (Å²) in [7, 11) is 0. The molecule has 3 heterocycles. The number of piperazine rings is 1. The van der Waals surface area contributed by atoms with E-state index in [9.17, 15) is 9.59 Å². The highest BCUT2D eigenvalue weighted by Crippen LogP contribution is 2.18. The lowest BCUT2D eigenvalue weighted by Gasteiger charge is -2.34. The molecule has 4 aromatic rings. The molecule has 0 radical (unpaired) electrons. The number of amides is 2. The fraction of sp³-hybridized carbons (Fsp3) is 0.333. The number of hydrogen-bond donors (Lipinski definition) is 2. The van der Waals surface area contributed by atoms with E-state index in [2.05, 4.69) is 37.6 Å². The van der Waals surface area contributed by atoms with Crippen LogP contribution < -0.4 is 5.32 Å². The van der Waals surface area contributed by atoms with Crippen molar-refractivity contribution in [3.8, 4) is 0 Å². The Hall–Kier alpha value is -3.98. The van der Waals surface area contributed by atoms with Gasteiger partial charge in [0.2, 0.25) is 5.91 Å². The normalized spacial score (nSPS) is 14.3. The van der Waals surface area contributed by atoms with Crippen molar-refractivity contribution in [3.05, 3.63) is 82.8 Å². The second-order valence-corrected chi connectivity index (χ2v) is 9.26. The van der Waals surface area contributed by atoms with Crippen LogP contribution in [0.25, 0.3) is 10.9 Å². The van der Waals surface area contributed by atoms with E-state index in [1.54, 1.807) is 0 Å². The van der Waals surface area contributed by atoms with Gasteiger partial charge in [0.05, 0.1) is 24.3 Å². The maximum absolute atomic E-state index is 13.0. The topological polar surface area (TPSA) is 99.2 Å². The molecule has 0 aliphatic carbocycles. The van der Waals surface area contributed by atoms with Crippen LogP contribution in [-0.2, 0) is 17.9 Å². The number of nitrogens with zero attached hydrogens (tertiary/aromatic N) is 5. The number of aromatic amines is 1. The Morgan fingerprint density at radius 3 is 2.47 bits per heavy atom. The summed E-state index contributed by atoms with van der Waals surface area (Å²) in [5, 5.41) is 15.7. The van der Waals surface area contributed by atoms with Crippen molar-refractivity contribution in [1.29, 1.82) is 0 Å². The van der Waals surface area contributed by atoms with Crippen molar-refractivity contribution < 1.29 is 9.59 Å². The minimum Gasteiger partial charge on any atom is -0.351 e. The lowest BCUT2D eigenvalue weighted by molar-refractivity contribution is -0.122. The Morgan fingerprint density at radius 1 is 0.972 bits per heavy atom. The van der Waals surface area contributed by atoms with Crippen molar-refractivity contribution in [3.63, 3.8) is 0 Å². The Kier molecular flexibility index (Phi) is 6.81. The third-order valence-electron chi connectivity index (χ3n) is 6.87. The van der Waals surface area contributed by atoms with Crippen LogP contribution in [0, 0.1) is 13.8 Å². The molecule has 1 aliphatic rings. The molecule has 2 aromatic heterocycles. The highest BCUT2D eigenvalue weighted by atomic mass is 16.2. The van der Waals surface area contributed by atoms with E-state index in [4.69, 9.17) is 0 Å². The monoisotopic (exact) mass is 485 g/mol. The first-order valence-electron chi connectivity index (χ1n) is 12.3. The average molecular weight is 486 g/mol. The first-order chi connectivity index (χ1) is 17.5. The molecule has 1 saturated heterocycles. The second-order valence-electron chi connectivity index (χ2n) is 9.26. The largest absolute Gasteiger partial charge is 0.351 e. The Bertz CT molecular complexity index is 1370. The first kappa shape index (κ1) is 23.7. The number of rotatable bonds is 7. The van der Waals surface area contributed by atoms with Gasteiger partial charge in [0.25, 0.3) is 5.91 Å². The predicted octanol–water partition coefficient (Wildman–Crippen LogP) is 2.50. The first-order valence-corrected chi connectivity index (χ1v) is 12.3. The van der Waals surface area contributed by atoms with Gasteiger partial charge in [-0.2, -0.15) is 10.2 Å². The molecule has 5 rings (SSSR count). The number of hydrogen-bond acceptors (Lipinski definition) is 5. The van der Waals surface area contributed by atoms with Gasteiger partial charge < -0.3 is 10.2 Å². The molecule has 0 unspecified atom stereocenters. The molecule has 0 atom stereocenters. The Balaban J connectivity index is 1.11. The van der Waals surface area contributed by atoms with Crippen LogP contribution >= 0.6 is 0 Å². The third-order valence-corrected chi connectivity index (χ3v) is 6.87. The summed E-state index contributed by atoms with van der Waals surface area (Å²) >= 11 is 0. The Labute approximate surface area is 210 Å². The average Bonchev–Trinajstić information content (AvgIpc) is 3.44. The highest BCUT2D eigenvalue weighted by molar-refractivity contribution is 6.04. The molecule has 186 valence electrons. The molecule has 1 fully saturated rings. The number of carbonyl (C=O) groups excluding carboxylic acids is 2. The predicted molar refractivity (Wildman–Crippen MR) is 138 cm³/mol. The van der Waals surface area contributed by atoms with Gasteiger partial charge in [-0.3, -0.25) is 24.3 Å². The quantitative estimate of drug-likeness (QED) is 0.419. The molecule has 0 saturated carbocycles. The molecule has 2 aromatic carbocycles. The fourth-order valence-corrected chi connectivity index (χ4v) is 4.73. The summed E-state index contributed by atoms with van der Waals surface area (Å²) in [4.78, 5) is 29.6. The number of aryl methyl sites for hydroxylation is 1. The van der Waals surface area contributed by atoms with Gasteiger partial charge in [-0.25, -0.2) is 0 Å². The van der Waals surface area contributed by atoms with Crippen LogP contribution in [0.5, 0.6) is 0 Å². The van der Waals surface area contributed by atoms with Crippen LogP contribution in [0.2, 0.25) is 0 Å². The molecule has 9 nitrogen and oxygen atoms in total. The summed E-state index contributed by atoms with van der Waals surface area (Å²) in [5.41, 5.74) is 5.55. The molecule has 2 amide bonds. The molecule has 0 spiro atoms. The van der Waals surface area contributed by atoms with Gasteiger partial charge in [-0.05, 0) is 25.5 Å². The van der Waals surface area contributed by atoms with E-state index in [1.807, 2.05) is 65.9 Å². The van der Waals surface area contributed by atoms with Crippen LogP contribution in [0.3, 0.4) is 0 Å². The molecular formula is C27H31N7O2. The zero-order valence-electron chi connectivity index (χ0n) is 20.7. The number of benzene rings is 2. The second kappa shape index (κ2) is 10.3. The van der Waals surface area contributed by atoms with Gasteiger partial charge in [0, 0.05) is 49.4 Å². The van der Waals surface area contributed by atoms with Crippen molar-refractivity contribution in [1.82, 2.24) is 35.1 Å². The molecule has 1 aliphatic heterocycles. The standard InChI is InChI=1S/C27H31N7O2/c1-19-23(20(2)34(31-19)17-21-8-4-3-5-9-21)16-28-25(35)18-32-12-14-33(15-13-32)27(36)26-22-10-6-7-11-24(22)29-30-26/h3-11H,12-18H2,1-2H3,(H,28,35)(H,29,30). The van der Waals surface area contributed by atoms with Gasteiger partial charge in [-0.15, -0.1) is 0 Å². The Morgan fingerprint density at radius 2 is 1.69 bits per heavy atom. The summed E-state index contributed by atoms with van der Waals surface area (Å²) in [6.07, 6.45) is 0. The molecule has 36 heavy (non-hydrogen) atoms. The highest BCUT2D eigenvalue weighted by Gasteiger charge is 2.26. The summed E-state index contributed by atoms with van der Waals surface area (Å²) in [6, 6.07) is 17.9. The van der Waals surface area contributed by atoms with Crippen molar-refractivity contribution in [2.45, 2.75) is 26.9 Å². The van der Waals surface area contributed by atoms with E-state index in [0.717, 1.165) is 27.9 Å². The SMILES string of the molecule is Cc1nn(Cc2ccccc2)c(C)c1CNC(=O)CN1CCN(C(=O)c2n[nH]c3ccccc23)CC1. The summed E-state index contributed by atoms with van der Waals surface area (Å²) in [5.74, 6) is -0.0994. The number of H-pyrrole nitrogens is 1. The van der Waals surface area contributed by atoms with Crippen molar-refractivity contribution in [2.24, 2.45) is 0 Å². The van der Waals surface area contributed by atoms with Gasteiger partial charge in [-0.1, -0.05) is 48.5 Å². The van der Waals surface area contributed by atoms with Gasteiger partial charge in [0.15, 0.2) is 5.69 Å². The minimum absolute atomic E-state index is 0.0253. The number of nitrogens with one attached hydrogen (secondary N) is 2. The zero-order valence-corrected chi connectivity index (χ0v) is 20.7. The number of aromatic nitrogens is 4. The van der Waals surface area contributed by atoms with E-state index < -0.39 is 0 Å². The van der Waals surface area contributed by atoms with Crippen molar-refractivity contribution in [2.75, 3.05) is 32.7 Å². The van der Waals surface area contributed by atoms with E-state index in [0.29, 0.717) is 51.5 Å². The van der Waals surface area contributed by atoms with Gasteiger partial charge in [0.1, 0.15) is 0 Å². The maximum atomic E-state index is 13.0. The van der Waals surface area contributed by atoms with Crippen molar-refractivity contribution >= 4 is 22.7 Å². The van der Waals surface area contributed by atoms with Gasteiger partial charge >= 0.3 is 0 Å². The summed E-state index contributed by atoms with van der Waals surface area (Å²) < 4.78 is 1.99. The lowest BCUT2D eigenvalue weighted by Crippen LogP contribution is -2.51. The van der Waals surface area contributed by atoms with E-state index in [-0.39, 0.29) is 11.8 Å². The third kappa shape index (κ3) is 5.01. The lowest BCUT2D eigenvalue weighted by atomic mass is 10.2. The number of carbonyl (C=O) groups is 2. The maximum Gasteiger partial charge on any atom is 0.275 e. The zero-order chi connectivity index (χ0) is 25.1. The van der Waals surface area contributed by atoms with Crippen LogP contribution in [0.4, 0.5) is 0 Å². The van der Waals surface area contributed by atoms with Crippen LogP contribution in [-0.4, -0.2) is 74.3 Å². The van der Waals surface area contributed by atoms with E-state index >= 15 is 0 Å².